The minimum absolute atomic E-state index is 0.0711. The van der Waals surface area contributed by atoms with Crippen molar-refractivity contribution >= 4 is 21.7 Å². The third-order valence-electron chi connectivity index (χ3n) is 8.90. The van der Waals surface area contributed by atoms with E-state index in [1.165, 1.54) is 4.90 Å². The molecule has 0 bridgehead atoms. The molecule has 2 N–H and O–H groups in total. The first-order chi connectivity index (χ1) is 19.4. The highest BCUT2D eigenvalue weighted by Crippen LogP contribution is 2.60. The van der Waals surface area contributed by atoms with Gasteiger partial charge in [0.2, 0.25) is 11.8 Å². The topological polar surface area (TPSA) is 97.5 Å². The van der Waals surface area contributed by atoms with Gasteiger partial charge < -0.3 is 10.6 Å². The van der Waals surface area contributed by atoms with Crippen LogP contribution in [-0.4, -0.2) is 50.1 Å². The van der Waals surface area contributed by atoms with Crippen molar-refractivity contribution in [1.29, 1.82) is 0 Å². The average molecular weight is 625 g/mol. The minimum atomic E-state index is -6.36. The van der Waals surface area contributed by atoms with Gasteiger partial charge in [0, 0.05) is 30.5 Å². The number of nitrogens with two attached hydrogens (primary N) is 1. The highest BCUT2D eigenvalue weighted by Gasteiger charge is 2.74. The van der Waals surface area contributed by atoms with Gasteiger partial charge >= 0.3 is 18.0 Å². The second kappa shape index (κ2) is 9.64. The second-order valence-corrected chi connectivity index (χ2v) is 13.2. The molecule has 2 aromatic rings. The quantitative estimate of drug-likeness (QED) is 0.380. The summed E-state index contributed by atoms with van der Waals surface area (Å²) < 4.78 is 136. The molecule has 15 heteroatoms. The molecule has 0 spiro atoms. The number of hydrogen-bond acceptors (Lipinski definition) is 4. The smallest absolute Gasteiger partial charge is 0.369 e. The predicted molar refractivity (Wildman–Crippen MR) is 130 cm³/mol. The van der Waals surface area contributed by atoms with Gasteiger partial charge in [0.05, 0.1) is 10.8 Å². The summed E-state index contributed by atoms with van der Waals surface area (Å²) in [5.74, 6) is -3.64. The van der Waals surface area contributed by atoms with Crippen LogP contribution in [0.5, 0.6) is 0 Å². The Kier molecular flexibility index (Phi) is 6.94. The van der Waals surface area contributed by atoms with E-state index in [0.29, 0.717) is 12.1 Å². The first-order valence-corrected chi connectivity index (χ1v) is 14.4. The van der Waals surface area contributed by atoms with Crippen LogP contribution < -0.4 is 5.73 Å². The lowest BCUT2D eigenvalue weighted by atomic mass is 9.73. The second-order valence-electron chi connectivity index (χ2n) is 11.0. The SMILES string of the molecule is NC(=O)C1CC(=O)N([C@@H]2CC[C@@]3(S(=O)(=O)c4ccc(F)cc4)c4ccc(C(F)(C(F)(F)F)C(F)(F)F)cc4CC[C@@H]23)C1. The fourth-order valence-corrected chi connectivity index (χ4v) is 9.43. The van der Waals surface area contributed by atoms with E-state index >= 15 is 0 Å². The molecule has 1 unspecified atom stereocenters. The average Bonchev–Trinajstić information content (AvgIpc) is 3.48. The fourth-order valence-electron chi connectivity index (χ4n) is 6.96. The molecule has 0 aromatic heterocycles. The molecule has 4 atom stereocenters. The molecule has 6 nitrogen and oxygen atoms in total. The highest BCUT2D eigenvalue weighted by molar-refractivity contribution is 7.92. The van der Waals surface area contributed by atoms with Crippen LogP contribution in [0.15, 0.2) is 47.4 Å². The van der Waals surface area contributed by atoms with Crippen molar-refractivity contribution in [2.24, 2.45) is 17.6 Å². The molecular formula is C27H24F8N2O4S. The number of aryl methyl sites for hydroxylation is 1. The molecule has 42 heavy (non-hydrogen) atoms. The van der Waals surface area contributed by atoms with Crippen molar-refractivity contribution in [1.82, 2.24) is 4.90 Å². The van der Waals surface area contributed by atoms with Gasteiger partial charge in [-0.1, -0.05) is 18.2 Å². The number of alkyl halides is 7. The normalized spacial score (nSPS) is 26.7. The number of rotatable bonds is 5. The number of carbonyl (C=O) groups is 2. The third-order valence-corrected chi connectivity index (χ3v) is 11.5. The Morgan fingerprint density at radius 2 is 1.57 bits per heavy atom. The van der Waals surface area contributed by atoms with Gasteiger partial charge in [-0.15, -0.1) is 0 Å². The number of carbonyl (C=O) groups excluding carboxylic acids is 2. The van der Waals surface area contributed by atoms with Crippen LogP contribution in [0.2, 0.25) is 0 Å². The van der Waals surface area contributed by atoms with Gasteiger partial charge in [-0.25, -0.2) is 17.2 Å². The van der Waals surface area contributed by atoms with E-state index in [1.54, 1.807) is 0 Å². The van der Waals surface area contributed by atoms with Crippen LogP contribution in [0.4, 0.5) is 35.1 Å². The molecule has 3 aliphatic rings. The largest absolute Gasteiger partial charge is 0.435 e. The molecule has 2 aliphatic carbocycles. The van der Waals surface area contributed by atoms with E-state index in [-0.39, 0.29) is 54.7 Å². The molecule has 1 heterocycles. The standard InChI is InChI=1S/C27H24F8N2O4S/c28-17-3-5-18(6-4-17)42(40,41)24-10-9-21(37-13-15(23(36)39)12-22(37)38)20(24)7-1-14-11-16(2-8-19(14)24)25(29,26(30,31)32)27(33,34)35/h2-6,8,11,15,20-21H,1,7,9-10,12-13H2,(H2,36,39)/t15?,20-,21+,24+/m0/s1. The molecule has 1 aliphatic heterocycles. The maximum absolute atomic E-state index is 14.9. The zero-order valence-electron chi connectivity index (χ0n) is 21.6. The van der Waals surface area contributed by atoms with E-state index < -0.39 is 73.7 Å². The Labute approximate surface area is 234 Å². The van der Waals surface area contributed by atoms with Crippen molar-refractivity contribution in [2.75, 3.05) is 6.54 Å². The number of nitrogens with zero attached hydrogens (tertiary/aromatic N) is 1. The van der Waals surface area contributed by atoms with E-state index in [4.69, 9.17) is 5.73 Å². The molecule has 2 aromatic carbocycles. The Balaban J connectivity index is 1.69. The van der Waals surface area contributed by atoms with Gasteiger partial charge in [0.25, 0.3) is 0 Å². The third kappa shape index (κ3) is 4.21. The van der Waals surface area contributed by atoms with E-state index in [2.05, 4.69) is 0 Å². The van der Waals surface area contributed by atoms with Crippen LogP contribution in [0, 0.1) is 17.7 Å². The number of sulfone groups is 1. The Bertz CT molecular complexity index is 1530. The summed E-state index contributed by atoms with van der Waals surface area (Å²) in [6, 6.07) is 4.51. The molecule has 228 valence electrons. The number of amides is 2. The summed E-state index contributed by atoms with van der Waals surface area (Å²) >= 11 is 0. The maximum Gasteiger partial charge on any atom is 0.435 e. The summed E-state index contributed by atoms with van der Waals surface area (Å²) in [6.07, 6.45) is -13.3. The summed E-state index contributed by atoms with van der Waals surface area (Å²) in [6.45, 7) is -0.0741. The van der Waals surface area contributed by atoms with Crippen molar-refractivity contribution in [2.45, 2.75) is 65.8 Å². The Morgan fingerprint density at radius 1 is 0.952 bits per heavy atom. The maximum atomic E-state index is 14.9. The number of halogens is 8. The lowest BCUT2D eigenvalue weighted by Gasteiger charge is -2.44. The van der Waals surface area contributed by atoms with Crippen molar-refractivity contribution in [3.05, 3.63) is 65.0 Å². The lowest BCUT2D eigenvalue weighted by molar-refractivity contribution is -0.348. The van der Waals surface area contributed by atoms with Crippen LogP contribution >= 0.6 is 0 Å². The van der Waals surface area contributed by atoms with Gasteiger partial charge in [0.1, 0.15) is 10.6 Å². The van der Waals surface area contributed by atoms with Gasteiger partial charge in [-0.3, -0.25) is 9.59 Å². The summed E-state index contributed by atoms with van der Waals surface area (Å²) in [5, 5.41) is 0. The van der Waals surface area contributed by atoms with Gasteiger partial charge in [0.15, 0.2) is 9.84 Å². The Hall–Kier alpha value is -3.23. The fraction of sp³-hybridized carbons (Fsp3) is 0.481. The van der Waals surface area contributed by atoms with Crippen LogP contribution in [0.1, 0.15) is 42.4 Å². The molecule has 5 rings (SSSR count). The minimum Gasteiger partial charge on any atom is -0.369 e. The predicted octanol–water partition coefficient (Wildman–Crippen LogP) is 4.84. The molecule has 2 fully saturated rings. The number of likely N-dealkylation sites (tertiary alicyclic amines) is 1. The summed E-state index contributed by atoms with van der Waals surface area (Å²) in [4.78, 5) is 25.7. The van der Waals surface area contributed by atoms with E-state index in [9.17, 15) is 53.1 Å². The highest BCUT2D eigenvalue weighted by atomic mass is 32.2. The number of benzene rings is 2. The molecule has 1 saturated heterocycles. The molecular weight excluding hydrogens is 600 g/mol. The molecule has 0 radical (unpaired) electrons. The Morgan fingerprint density at radius 3 is 2.12 bits per heavy atom. The van der Waals surface area contributed by atoms with Crippen LogP contribution in [-0.2, 0) is 36.3 Å². The van der Waals surface area contributed by atoms with Gasteiger partial charge in [-0.05, 0) is 61.1 Å². The van der Waals surface area contributed by atoms with Crippen LogP contribution in [0.3, 0.4) is 0 Å². The zero-order valence-corrected chi connectivity index (χ0v) is 22.4. The van der Waals surface area contributed by atoms with Crippen molar-refractivity contribution in [3.8, 4) is 0 Å². The van der Waals surface area contributed by atoms with E-state index in [1.807, 2.05) is 0 Å². The summed E-state index contributed by atoms with van der Waals surface area (Å²) in [5.41, 5.74) is -2.40. The number of hydrogen-bond donors (Lipinski definition) is 1. The first kappa shape index (κ1) is 30.2. The van der Waals surface area contributed by atoms with Crippen molar-refractivity contribution in [3.63, 3.8) is 0 Å². The number of fused-ring (bicyclic) bond motifs is 3. The monoisotopic (exact) mass is 624 g/mol. The number of primary amides is 1. The van der Waals surface area contributed by atoms with Crippen molar-refractivity contribution < 1.29 is 53.1 Å². The molecule has 2 amide bonds. The van der Waals surface area contributed by atoms with E-state index in [0.717, 1.165) is 30.3 Å². The zero-order chi connectivity index (χ0) is 31.0. The summed E-state index contributed by atoms with van der Waals surface area (Å²) in [7, 11) is -4.54. The van der Waals surface area contributed by atoms with Crippen LogP contribution in [0.25, 0.3) is 0 Å². The molecule has 1 saturated carbocycles. The van der Waals surface area contributed by atoms with Gasteiger partial charge in [-0.2, -0.15) is 26.3 Å². The first-order valence-electron chi connectivity index (χ1n) is 12.9. The lowest BCUT2D eigenvalue weighted by Crippen LogP contribution is -2.51.